The SMILES string of the molecule is O=C1CCC[C@@H]([C@H]2C[C@@H]2c2ccccc2)O1. The topological polar surface area (TPSA) is 26.3 Å². The van der Waals surface area contributed by atoms with Gasteiger partial charge in [0.1, 0.15) is 6.10 Å². The normalized spacial score (nSPS) is 33.2. The average molecular weight is 216 g/mol. The Morgan fingerprint density at radius 1 is 1.19 bits per heavy atom. The van der Waals surface area contributed by atoms with Crippen LogP contribution in [0.2, 0.25) is 0 Å². The molecule has 3 atom stereocenters. The Hall–Kier alpha value is -1.31. The molecule has 0 unspecified atom stereocenters. The highest BCUT2D eigenvalue weighted by Gasteiger charge is 2.46. The number of hydrogen-bond donors (Lipinski definition) is 0. The Labute approximate surface area is 95.6 Å². The number of hydrogen-bond acceptors (Lipinski definition) is 2. The molecule has 2 nitrogen and oxygen atoms in total. The van der Waals surface area contributed by atoms with Crippen LogP contribution in [0.15, 0.2) is 30.3 Å². The van der Waals surface area contributed by atoms with E-state index in [2.05, 4.69) is 24.3 Å². The summed E-state index contributed by atoms with van der Waals surface area (Å²) in [6.45, 7) is 0. The number of cyclic esters (lactones) is 1. The first-order valence-corrected chi connectivity index (χ1v) is 6.09. The van der Waals surface area contributed by atoms with Crippen LogP contribution in [-0.4, -0.2) is 12.1 Å². The molecule has 0 bridgehead atoms. The van der Waals surface area contributed by atoms with Gasteiger partial charge in [0.05, 0.1) is 0 Å². The van der Waals surface area contributed by atoms with Gasteiger partial charge >= 0.3 is 5.97 Å². The molecule has 0 aromatic heterocycles. The summed E-state index contributed by atoms with van der Waals surface area (Å²) >= 11 is 0. The maximum Gasteiger partial charge on any atom is 0.306 e. The van der Waals surface area contributed by atoms with E-state index in [1.54, 1.807) is 0 Å². The monoisotopic (exact) mass is 216 g/mol. The van der Waals surface area contributed by atoms with Crippen LogP contribution in [0.3, 0.4) is 0 Å². The standard InChI is InChI=1S/C14H16O2/c15-14-8-4-7-13(16-14)12-9-11(12)10-5-2-1-3-6-10/h1-3,5-6,11-13H,4,7-9H2/t11-,12+,13+/m1/s1. The van der Waals surface area contributed by atoms with E-state index in [1.807, 2.05) is 6.07 Å². The predicted octanol–water partition coefficient (Wildman–Crippen LogP) is 2.89. The summed E-state index contributed by atoms with van der Waals surface area (Å²) in [6, 6.07) is 10.6. The highest BCUT2D eigenvalue weighted by molar-refractivity contribution is 5.70. The second-order valence-corrected chi connectivity index (χ2v) is 4.84. The van der Waals surface area contributed by atoms with Crippen LogP contribution < -0.4 is 0 Å². The van der Waals surface area contributed by atoms with Crippen LogP contribution >= 0.6 is 0 Å². The van der Waals surface area contributed by atoms with E-state index in [4.69, 9.17) is 4.74 Å². The second-order valence-electron chi connectivity index (χ2n) is 4.84. The minimum absolute atomic E-state index is 0.00467. The van der Waals surface area contributed by atoms with Gasteiger partial charge < -0.3 is 4.74 Å². The number of ether oxygens (including phenoxy) is 1. The van der Waals surface area contributed by atoms with Gasteiger partial charge in [-0.05, 0) is 30.7 Å². The highest BCUT2D eigenvalue weighted by Crippen LogP contribution is 2.51. The van der Waals surface area contributed by atoms with Crippen molar-refractivity contribution in [3.05, 3.63) is 35.9 Å². The van der Waals surface area contributed by atoms with Gasteiger partial charge in [-0.3, -0.25) is 4.79 Å². The molecule has 1 aliphatic heterocycles. The molecule has 1 heterocycles. The fourth-order valence-corrected chi connectivity index (χ4v) is 2.74. The molecule has 1 aromatic rings. The van der Waals surface area contributed by atoms with Crippen molar-refractivity contribution in [3.63, 3.8) is 0 Å². The van der Waals surface area contributed by atoms with E-state index >= 15 is 0 Å². The molecule has 84 valence electrons. The van der Waals surface area contributed by atoms with E-state index < -0.39 is 0 Å². The van der Waals surface area contributed by atoms with Crippen molar-refractivity contribution >= 4 is 5.97 Å². The molecule has 1 saturated carbocycles. The van der Waals surface area contributed by atoms with Crippen molar-refractivity contribution in [1.82, 2.24) is 0 Å². The Kier molecular flexibility index (Phi) is 2.43. The maximum atomic E-state index is 11.2. The Morgan fingerprint density at radius 2 is 2.00 bits per heavy atom. The van der Waals surface area contributed by atoms with Crippen molar-refractivity contribution in [2.75, 3.05) is 0 Å². The molecule has 0 amide bonds. The van der Waals surface area contributed by atoms with Crippen molar-refractivity contribution in [1.29, 1.82) is 0 Å². The summed E-state index contributed by atoms with van der Waals surface area (Å²) in [4.78, 5) is 11.2. The third-order valence-corrected chi connectivity index (χ3v) is 3.70. The minimum Gasteiger partial charge on any atom is -0.462 e. The van der Waals surface area contributed by atoms with Gasteiger partial charge in [-0.25, -0.2) is 0 Å². The molecule has 0 N–H and O–H groups in total. The Bertz CT molecular complexity index is 385. The smallest absolute Gasteiger partial charge is 0.306 e. The predicted molar refractivity (Wildman–Crippen MR) is 61.0 cm³/mol. The molecular weight excluding hydrogens is 200 g/mol. The first-order valence-electron chi connectivity index (χ1n) is 6.09. The molecule has 0 radical (unpaired) electrons. The number of carbonyl (C=O) groups is 1. The lowest BCUT2D eigenvalue weighted by molar-refractivity contribution is -0.155. The van der Waals surface area contributed by atoms with E-state index in [0.717, 1.165) is 12.8 Å². The van der Waals surface area contributed by atoms with Crippen LogP contribution in [0.1, 0.15) is 37.2 Å². The Morgan fingerprint density at radius 3 is 2.75 bits per heavy atom. The summed E-state index contributed by atoms with van der Waals surface area (Å²) in [7, 11) is 0. The van der Waals surface area contributed by atoms with E-state index in [0.29, 0.717) is 18.3 Å². The molecular formula is C14H16O2. The summed E-state index contributed by atoms with van der Waals surface area (Å²) in [5.41, 5.74) is 1.40. The van der Waals surface area contributed by atoms with Crippen LogP contribution in [0, 0.1) is 5.92 Å². The number of rotatable bonds is 2. The zero-order chi connectivity index (χ0) is 11.0. The largest absolute Gasteiger partial charge is 0.462 e. The first-order chi connectivity index (χ1) is 7.84. The Balaban J connectivity index is 1.65. The number of carbonyl (C=O) groups excluding carboxylic acids is 1. The highest BCUT2D eigenvalue weighted by atomic mass is 16.5. The van der Waals surface area contributed by atoms with Gasteiger partial charge in [0.25, 0.3) is 0 Å². The third kappa shape index (κ3) is 1.84. The minimum atomic E-state index is -0.00467. The van der Waals surface area contributed by atoms with Crippen LogP contribution in [0.5, 0.6) is 0 Å². The zero-order valence-electron chi connectivity index (χ0n) is 9.26. The maximum absolute atomic E-state index is 11.2. The molecule has 3 rings (SSSR count). The van der Waals surface area contributed by atoms with Crippen LogP contribution in [-0.2, 0) is 9.53 Å². The molecule has 2 heteroatoms. The molecule has 1 aliphatic carbocycles. The van der Waals surface area contributed by atoms with Crippen molar-refractivity contribution in [2.45, 2.75) is 37.7 Å². The van der Waals surface area contributed by atoms with E-state index in [9.17, 15) is 4.79 Å². The third-order valence-electron chi connectivity index (χ3n) is 3.70. The first kappa shape index (κ1) is 9.88. The van der Waals surface area contributed by atoms with Crippen molar-refractivity contribution in [3.8, 4) is 0 Å². The summed E-state index contributed by atoms with van der Waals surface area (Å²) in [6.07, 6.45) is 4.04. The second kappa shape index (κ2) is 3.93. The van der Waals surface area contributed by atoms with Gasteiger partial charge in [0.15, 0.2) is 0 Å². The van der Waals surface area contributed by atoms with E-state index in [-0.39, 0.29) is 12.1 Å². The van der Waals surface area contributed by atoms with Crippen molar-refractivity contribution in [2.24, 2.45) is 5.92 Å². The lowest BCUT2D eigenvalue weighted by Crippen LogP contribution is -2.25. The van der Waals surface area contributed by atoms with Gasteiger partial charge in [0, 0.05) is 12.3 Å². The lowest BCUT2D eigenvalue weighted by Gasteiger charge is -2.22. The fourth-order valence-electron chi connectivity index (χ4n) is 2.74. The van der Waals surface area contributed by atoms with Crippen molar-refractivity contribution < 1.29 is 9.53 Å². The zero-order valence-corrected chi connectivity index (χ0v) is 9.26. The van der Waals surface area contributed by atoms with Gasteiger partial charge in [-0.2, -0.15) is 0 Å². The molecule has 2 aliphatic rings. The average Bonchev–Trinajstić information content (AvgIpc) is 3.10. The molecule has 0 spiro atoms. The van der Waals surface area contributed by atoms with Gasteiger partial charge in [-0.1, -0.05) is 30.3 Å². The number of benzene rings is 1. The molecule has 1 aromatic carbocycles. The number of esters is 1. The quantitative estimate of drug-likeness (QED) is 0.710. The van der Waals surface area contributed by atoms with Crippen LogP contribution in [0.4, 0.5) is 0 Å². The molecule has 1 saturated heterocycles. The summed E-state index contributed by atoms with van der Waals surface area (Å²) < 4.78 is 5.42. The molecule has 2 fully saturated rings. The fraction of sp³-hybridized carbons (Fsp3) is 0.500. The lowest BCUT2D eigenvalue weighted by atomic mass is 10.0. The summed E-state index contributed by atoms with van der Waals surface area (Å²) in [5.74, 6) is 1.19. The van der Waals surface area contributed by atoms with Crippen LogP contribution in [0.25, 0.3) is 0 Å². The van der Waals surface area contributed by atoms with E-state index in [1.165, 1.54) is 12.0 Å². The molecule has 16 heavy (non-hydrogen) atoms. The summed E-state index contributed by atoms with van der Waals surface area (Å²) in [5, 5.41) is 0. The van der Waals surface area contributed by atoms with Gasteiger partial charge in [-0.15, -0.1) is 0 Å². The van der Waals surface area contributed by atoms with Gasteiger partial charge in [0.2, 0.25) is 0 Å².